The van der Waals surface area contributed by atoms with Gasteiger partial charge < -0.3 is 10.6 Å². The van der Waals surface area contributed by atoms with Crippen molar-refractivity contribution in [1.29, 1.82) is 0 Å². The molecular formula is C14H17F3N2O2. The van der Waals surface area contributed by atoms with Gasteiger partial charge >= 0.3 is 6.18 Å². The van der Waals surface area contributed by atoms with Crippen molar-refractivity contribution < 1.29 is 22.8 Å². The Hall–Kier alpha value is -2.05. The fraction of sp³-hybridized carbons (Fsp3) is 0.429. The molecule has 21 heavy (non-hydrogen) atoms. The van der Waals surface area contributed by atoms with Crippen LogP contribution in [0.5, 0.6) is 0 Å². The molecule has 0 spiro atoms. The van der Waals surface area contributed by atoms with E-state index < -0.39 is 17.6 Å². The van der Waals surface area contributed by atoms with Crippen LogP contribution in [0.2, 0.25) is 0 Å². The van der Waals surface area contributed by atoms with Gasteiger partial charge in [0.1, 0.15) is 0 Å². The average molecular weight is 302 g/mol. The molecule has 1 aromatic rings. The molecule has 0 saturated heterocycles. The minimum Gasteiger partial charge on any atom is -0.356 e. The molecule has 1 aromatic carbocycles. The zero-order chi connectivity index (χ0) is 15.9. The number of amides is 2. The number of alkyl halides is 3. The summed E-state index contributed by atoms with van der Waals surface area (Å²) < 4.78 is 37.1. The van der Waals surface area contributed by atoms with Gasteiger partial charge in [-0.25, -0.2) is 0 Å². The molecule has 0 unspecified atom stereocenters. The standard InChI is InChI=1S/C14H17F3N2O2/c1-10(20)18-8-2-3-9-19-13(21)11-4-6-12(7-5-11)14(15,16)17/h4-7H,2-3,8-9H2,1H3,(H,18,20)(H,19,21). The van der Waals surface area contributed by atoms with Gasteiger partial charge in [-0.3, -0.25) is 9.59 Å². The van der Waals surface area contributed by atoms with E-state index in [4.69, 9.17) is 0 Å². The summed E-state index contributed by atoms with van der Waals surface area (Å²) in [6.45, 7) is 2.36. The van der Waals surface area contributed by atoms with E-state index >= 15 is 0 Å². The van der Waals surface area contributed by atoms with Crippen LogP contribution in [-0.4, -0.2) is 24.9 Å². The first kappa shape index (κ1) is 17.0. The second-order valence-electron chi connectivity index (χ2n) is 4.52. The molecule has 0 heterocycles. The molecule has 0 atom stereocenters. The van der Waals surface area contributed by atoms with Gasteiger partial charge in [0.2, 0.25) is 5.91 Å². The topological polar surface area (TPSA) is 58.2 Å². The monoisotopic (exact) mass is 302 g/mol. The van der Waals surface area contributed by atoms with Crippen molar-refractivity contribution in [3.63, 3.8) is 0 Å². The van der Waals surface area contributed by atoms with Crippen molar-refractivity contribution in [3.05, 3.63) is 35.4 Å². The molecule has 0 aromatic heterocycles. The van der Waals surface area contributed by atoms with Crippen LogP contribution in [0, 0.1) is 0 Å². The van der Waals surface area contributed by atoms with Crippen molar-refractivity contribution in [2.24, 2.45) is 0 Å². The Labute approximate surface area is 120 Å². The Morgan fingerprint density at radius 1 is 1.00 bits per heavy atom. The minimum atomic E-state index is -4.40. The Morgan fingerprint density at radius 3 is 2.00 bits per heavy atom. The smallest absolute Gasteiger partial charge is 0.356 e. The summed E-state index contributed by atoms with van der Waals surface area (Å²) in [5, 5.41) is 5.24. The molecule has 0 bridgehead atoms. The second kappa shape index (κ2) is 7.66. The zero-order valence-electron chi connectivity index (χ0n) is 11.6. The van der Waals surface area contributed by atoms with E-state index in [1.165, 1.54) is 6.92 Å². The minimum absolute atomic E-state index is 0.108. The number of nitrogens with one attached hydrogen (secondary N) is 2. The first-order valence-corrected chi connectivity index (χ1v) is 6.50. The van der Waals surface area contributed by atoms with Crippen LogP contribution in [0.15, 0.2) is 24.3 Å². The average Bonchev–Trinajstić information content (AvgIpc) is 2.41. The van der Waals surface area contributed by atoms with Gasteiger partial charge in [0.25, 0.3) is 5.91 Å². The van der Waals surface area contributed by atoms with E-state index in [0.717, 1.165) is 24.3 Å². The third-order valence-corrected chi connectivity index (χ3v) is 2.74. The SMILES string of the molecule is CC(=O)NCCCCNC(=O)c1ccc(C(F)(F)F)cc1. The van der Waals surface area contributed by atoms with E-state index in [1.807, 2.05) is 0 Å². The van der Waals surface area contributed by atoms with Gasteiger partial charge in [-0.1, -0.05) is 0 Å². The summed E-state index contributed by atoms with van der Waals surface area (Å²) >= 11 is 0. The normalized spacial score (nSPS) is 11.0. The Balaban J connectivity index is 2.34. The van der Waals surface area contributed by atoms with Gasteiger partial charge in [-0.05, 0) is 37.1 Å². The molecule has 0 aliphatic carbocycles. The molecule has 4 nitrogen and oxygen atoms in total. The molecule has 0 fully saturated rings. The highest BCUT2D eigenvalue weighted by Gasteiger charge is 2.30. The third kappa shape index (κ3) is 6.29. The molecule has 2 amide bonds. The highest BCUT2D eigenvalue weighted by Crippen LogP contribution is 2.28. The van der Waals surface area contributed by atoms with E-state index in [-0.39, 0.29) is 11.5 Å². The molecule has 0 radical (unpaired) electrons. The van der Waals surface area contributed by atoms with Crippen molar-refractivity contribution in [2.75, 3.05) is 13.1 Å². The molecule has 0 saturated carbocycles. The first-order valence-electron chi connectivity index (χ1n) is 6.50. The van der Waals surface area contributed by atoms with Gasteiger partial charge in [0.05, 0.1) is 5.56 Å². The molecule has 2 N–H and O–H groups in total. The summed E-state index contributed by atoms with van der Waals surface area (Å²) in [4.78, 5) is 22.3. The van der Waals surface area contributed by atoms with E-state index in [1.54, 1.807) is 0 Å². The molecule has 7 heteroatoms. The van der Waals surface area contributed by atoms with Gasteiger partial charge in [-0.15, -0.1) is 0 Å². The van der Waals surface area contributed by atoms with Crippen molar-refractivity contribution in [1.82, 2.24) is 10.6 Å². The van der Waals surface area contributed by atoms with Crippen LogP contribution in [0.3, 0.4) is 0 Å². The van der Waals surface area contributed by atoms with Crippen LogP contribution >= 0.6 is 0 Å². The van der Waals surface area contributed by atoms with Crippen molar-refractivity contribution >= 4 is 11.8 Å². The van der Waals surface area contributed by atoms with Gasteiger partial charge in [-0.2, -0.15) is 13.2 Å². The number of hydrogen-bond donors (Lipinski definition) is 2. The maximum atomic E-state index is 12.4. The van der Waals surface area contributed by atoms with Crippen LogP contribution in [-0.2, 0) is 11.0 Å². The lowest BCUT2D eigenvalue weighted by molar-refractivity contribution is -0.137. The molecule has 1 rings (SSSR count). The van der Waals surface area contributed by atoms with E-state index in [0.29, 0.717) is 25.9 Å². The summed E-state index contributed by atoms with van der Waals surface area (Å²) in [6, 6.07) is 4.06. The number of carbonyl (C=O) groups is 2. The summed E-state index contributed by atoms with van der Waals surface area (Å²) in [6.07, 6.45) is -3.02. The number of halogens is 3. The zero-order valence-corrected chi connectivity index (χ0v) is 11.6. The van der Waals surface area contributed by atoms with Crippen LogP contribution in [0.1, 0.15) is 35.7 Å². The summed E-state index contributed by atoms with van der Waals surface area (Å²) in [7, 11) is 0. The summed E-state index contributed by atoms with van der Waals surface area (Å²) in [5.41, 5.74) is -0.598. The lowest BCUT2D eigenvalue weighted by Gasteiger charge is -2.08. The molecule has 116 valence electrons. The first-order chi connectivity index (χ1) is 9.80. The molecule has 0 aliphatic rings. The predicted octanol–water partition coefficient (Wildman–Crippen LogP) is 2.35. The Bertz CT molecular complexity index is 484. The van der Waals surface area contributed by atoms with Crippen molar-refractivity contribution in [2.45, 2.75) is 25.9 Å². The third-order valence-electron chi connectivity index (χ3n) is 2.74. The second-order valence-corrected chi connectivity index (χ2v) is 4.52. The Kier molecular flexibility index (Phi) is 6.20. The number of rotatable bonds is 6. The van der Waals surface area contributed by atoms with Crippen LogP contribution in [0.4, 0.5) is 13.2 Å². The largest absolute Gasteiger partial charge is 0.416 e. The Morgan fingerprint density at radius 2 is 1.52 bits per heavy atom. The molecule has 0 aliphatic heterocycles. The number of hydrogen-bond acceptors (Lipinski definition) is 2. The van der Waals surface area contributed by atoms with Crippen LogP contribution in [0.25, 0.3) is 0 Å². The maximum absolute atomic E-state index is 12.4. The van der Waals surface area contributed by atoms with E-state index in [2.05, 4.69) is 10.6 Å². The highest BCUT2D eigenvalue weighted by molar-refractivity contribution is 5.94. The lowest BCUT2D eigenvalue weighted by Crippen LogP contribution is -2.26. The number of unbranched alkanes of at least 4 members (excludes halogenated alkanes) is 1. The van der Waals surface area contributed by atoms with Crippen molar-refractivity contribution in [3.8, 4) is 0 Å². The van der Waals surface area contributed by atoms with Crippen LogP contribution < -0.4 is 10.6 Å². The van der Waals surface area contributed by atoms with E-state index in [9.17, 15) is 22.8 Å². The summed E-state index contributed by atoms with van der Waals surface area (Å²) in [5.74, 6) is -0.521. The maximum Gasteiger partial charge on any atom is 0.416 e. The highest BCUT2D eigenvalue weighted by atomic mass is 19.4. The fourth-order valence-corrected chi connectivity index (χ4v) is 1.63. The number of carbonyl (C=O) groups excluding carboxylic acids is 2. The molecular weight excluding hydrogens is 285 g/mol. The van der Waals surface area contributed by atoms with Gasteiger partial charge in [0, 0.05) is 25.6 Å². The number of benzene rings is 1. The quantitative estimate of drug-likeness (QED) is 0.793. The fourth-order valence-electron chi connectivity index (χ4n) is 1.63. The lowest BCUT2D eigenvalue weighted by atomic mass is 10.1. The predicted molar refractivity (Wildman–Crippen MR) is 71.7 cm³/mol. The van der Waals surface area contributed by atoms with Gasteiger partial charge in [0.15, 0.2) is 0 Å².